The molecule has 3 fully saturated rings. The summed E-state index contributed by atoms with van der Waals surface area (Å²) in [4.78, 5) is 25.8. The SMILES string of the molecule is COc1nc(C)cc(C)c1CN1CCc2sc([C@@]3(C)C[C@]34CC[C@@H](N3CC(OC)C3)CC4)c(C)c2C1=O. The molecule has 1 saturated heterocycles. The number of methoxy groups -OCH3 is 2. The van der Waals surface area contributed by atoms with Crippen molar-refractivity contribution in [3.8, 4) is 5.88 Å². The molecule has 2 saturated carbocycles. The van der Waals surface area contributed by atoms with Crippen LogP contribution in [0, 0.1) is 26.2 Å². The van der Waals surface area contributed by atoms with E-state index in [0.717, 1.165) is 54.5 Å². The van der Waals surface area contributed by atoms with E-state index in [1.807, 2.05) is 30.3 Å². The minimum Gasteiger partial charge on any atom is -0.481 e. The van der Waals surface area contributed by atoms with E-state index in [0.29, 0.717) is 23.9 Å². The van der Waals surface area contributed by atoms with E-state index < -0.39 is 0 Å². The summed E-state index contributed by atoms with van der Waals surface area (Å²) >= 11 is 1.94. The molecule has 6 rings (SSSR count). The number of aryl methyl sites for hydroxylation is 2. The zero-order valence-electron chi connectivity index (χ0n) is 23.3. The summed E-state index contributed by atoms with van der Waals surface area (Å²) < 4.78 is 11.1. The summed E-state index contributed by atoms with van der Waals surface area (Å²) in [6, 6.07) is 2.80. The van der Waals surface area contributed by atoms with Crippen molar-refractivity contribution >= 4 is 17.2 Å². The molecule has 4 aliphatic rings. The lowest BCUT2D eigenvalue weighted by Gasteiger charge is -2.46. The molecule has 4 heterocycles. The first-order valence-corrected chi connectivity index (χ1v) is 14.7. The fourth-order valence-electron chi connectivity index (χ4n) is 7.70. The van der Waals surface area contributed by atoms with Crippen molar-refractivity contribution in [2.45, 2.75) is 90.3 Å². The molecule has 2 aromatic rings. The summed E-state index contributed by atoms with van der Waals surface area (Å²) in [6.45, 7) is 12.3. The topological polar surface area (TPSA) is 54.9 Å². The summed E-state index contributed by atoms with van der Waals surface area (Å²) in [5.41, 5.74) is 5.95. The van der Waals surface area contributed by atoms with Gasteiger partial charge in [-0.3, -0.25) is 9.69 Å². The molecule has 200 valence electrons. The van der Waals surface area contributed by atoms with Crippen molar-refractivity contribution in [1.82, 2.24) is 14.8 Å². The van der Waals surface area contributed by atoms with Gasteiger partial charge in [-0.25, -0.2) is 4.98 Å². The van der Waals surface area contributed by atoms with Crippen LogP contribution < -0.4 is 4.74 Å². The summed E-state index contributed by atoms with van der Waals surface area (Å²) in [5.74, 6) is 0.814. The maximum absolute atomic E-state index is 13.8. The molecular weight excluding hydrogens is 482 g/mol. The molecule has 0 N–H and O–H groups in total. The predicted octanol–water partition coefficient (Wildman–Crippen LogP) is 5.20. The smallest absolute Gasteiger partial charge is 0.255 e. The van der Waals surface area contributed by atoms with Crippen LogP contribution in [0.1, 0.15) is 81.5 Å². The van der Waals surface area contributed by atoms with E-state index in [4.69, 9.17) is 9.47 Å². The van der Waals surface area contributed by atoms with Crippen LogP contribution in [0.25, 0.3) is 0 Å². The zero-order valence-corrected chi connectivity index (χ0v) is 24.1. The maximum Gasteiger partial charge on any atom is 0.255 e. The number of thiophene rings is 1. The number of likely N-dealkylation sites (tertiary alicyclic amines) is 1. The molecule has 0 unspecified atom stereocenters. The Kier molecular flexibility index (Phi) is 6.20. The van der Waals surface area contributed by atoms with Gasteiger partial charge in [-0.15, -0.1) is 11.3 Å². The molecular formula is C30H41N3O3S. The fraction of sp³-hybridized carbons (Fsp3) is 0.667. The molecule has 2 aliphatic carbocycles. The van der Waals surface area contributed by atoms with Gasteiger partial charge >= 0.3 is 0 Å². The van der Waals surface area contributed by atoms with Gasteiger partial charge in [0.1, 0.15) is 0 Å². The van der Waals surface area contributed by atoms with Gasteiger partial charge in [-0.1, -0.05) is 6.92 Å². The van der Waals surface area contributed by atoms with Crippen molar-refractivity contribution in [2.75, 3.05) is 33.9 Å². The molecule has 1 atom stereocenters. The Hall–Kier alpha value is -1.96. The number of fused-ring (bicyclic) bond motifs is 1. The third-order valence-corrected chi connectivity index (χ3v) is 11.8. The van der Waals surface area contributed by atoms with E-state index in [2.05, 4.69) is 36.7 Å². The molecule has 0 radical (unpaired) electrons. The zero-order chi connectivity index (χ0) is 26.1. The highest BCUT2D eigenvalue weighted by Crippen LogP contribution is 2.72. The molecule has 2 aromatic heterocycles. The summed E-state index contributed by atoms with van der Waals surface area (Å²) in [7, 11) is 3.49. The first-order valence-electron chi connectivity index (χ1n) is 13.9. The number of carbonyl (C=O) groups excluding carboxylic acids is 1. The fourth-order valence-corrected chi connectivity index (χ4v) is 9.25. The number of hydrogen-bond acceptors (Lipinski definition) is 6. The van der Waals surface area contributed by atoms with Gasteiger partial charge < -0.3 is 14.4 Å². The number of pyridine rings is 1. The Labute approximate surface area is 225 Å². The third kappa shape index (κ3) is 3.95. The second-order valence-corrected chi connectivity index (χ2v) is 13.3. The number of hydrogen-bond donors (Lipinski definition) is 0. The number of rotatable bonds is 6. The van der Waals surface area contributed by atoms with Gasteiger partial charge in [0, 0.05) is 65.6 Å². The van der Waals surface area contributed by atoms with E-state index in [1.54, 1.807) is 7.11 Å². The Morgan fingerprint density at radius 2 is 1.89 bits per heavy atom. The van der Waals surface area contributed by atoms with Crippen LogP contribution in [-0.4, -0.2) is 66.7 Å². The molecule has 0 aromatic carbocycles. The van der Waals surface area contributed by atoms with E-state index >= 15 is 0 Å². The minimum absolute atomic E-state index is 0.177. The first kappa shape index (κ1) is 25.3. The maximum atomic E-state index is 13.8. The largest absolute Gasteiger partial charge is 0.481 e. The van der Waals surface area contributed by atoms with Gasteiger partial charge in [-0.2, -0.15) is 0 Å². The van der Waals surface area contributed by atoms with Gasteiger partial charge in [-0.05, 0) is 75.5 Å². The number of nitrogens with zero attached hydrogens (tertiary/aromatic N) is 3. The van der Waals surface area contributed by atoms with Crippen LogP contribution in [0.3, 0.4) is 0 Å². The predicted molar refractivity (Wildman–Crippen MR) is 147 cm³/mol. The lowest BCUT2D eigenvalue weighted by atomic mass is 9.76. The van der Waals surface area contributed by atoms with Gasteiger partial charge in [0.2, 0.25) is 5.88 Å². The molecule has 0 bridgehead atoms. The van der Waals surface area contributed by atoms with Crippen molar-refractivity contribution < 1.29 is 14.3 Å². The van der Waals surface area contributed by atoms with E-state index in [1.165, 1.54) is 47.4 Å². The molecule has 2 aliphatic heterocycles. The number of ether oxygens (including phenoxy) is 2. The van der Waals surface area contributed by atoms with Gasteiger partial charge in [0.05, 0.1) is 25.3 Å². The van der Waals surface area contributed by atoms with Crippen molar-refractivity contribution in [1.29, 1.82) is 0 Å². The second-order valence-electron chi connectivity index (χ2n) is 12.2. The highest BCUT2D eigenvalue weighted by atomic mass is 32.1. The van der Waals surface area contributed by atoms with Crippen molar-refractivity contribution in [3.63, 3.8) is 0 Å². The quantitative estimate of drug-likeness (QED) is 0.521. The number of amides is 1. The molecule has 6 nitrogen and oxygen atoms in total. The molecule has 37 heavy (non-hydrogen) atoms. The van der Waals surface area contributed by atoms with Crippen molar-refractivity contribution in [3.05, 3.63) is 43.8 Å². The standard InChI is InChI=1S/C30H41N3O3S/c1-18-13-19(2)31-27(36-6)23(18)16-32-12-9-24-25(28(32)34)20(3)26(37-24)29(4)17-30(29)10-7-21(8-11-30)33-14-22(15-33)35-5/h13,21-22H,7-12,14-17H2,1-6H3/t21-,29-,30-/m1/s1. The van der Waals surface area contributed by atoms with Gasteiger partial charge in [0.25, 0.3) is 5.91 Å². The minimum atomic E-state index is 0.177. The van der Waals surface area contributed by atoms with Crippen LogP contribution in [0.15, 0.2) is 6.07 Å². The Morgan fingerprint density at radius 1 is 1.16 bits per heavy atom. The lowest BCUT2D eigenvalue weighted by molar-refractivity contribution is -0.0610. The highest BCUT2D eigenvalue weighted by Gasteiger charge is 2.66. The van der Waals surface area contributed by atoms with Gasteiger partial charge in [0.15, 0.2) is 0 Å². The van der Waals surface area contributed by atoms with E-state index in [-0.39, 0.29) is 11.3 Å². The first-order chi connectivity index (χ1) is 17.7. The third-order valence-electron chi connectivity index (χ3n) is 10.2. The molecule has 1 spiro atoms. The summed E-state index contributed by atoms with van der Waals surface area (Å²) in [6.07, 6.45) is 7.87. The Bertz CT molecular complexity index is 1230. The average Bonchev–Trinajstić information content (AvgIpc) is 3.25. The lowest BCUT2D eigenvalue weighted by Crippen LogP contribution is -2.57. The van der Waals surface area contributed by atoms with Crippen LogP contribution >= 0.6 is 11.3 Å². The van der Waals surface area contributed by atoms with Crippen LogP contribution in [-0.2, 0) is 23.1 Å². The average molecular weight is 524 g/mol. The van der Waals surface area contributed by atoms with E-state index in [9.17, 15) is 4.79 Å². The molecule has 7 heteroatoms. The second kappa shape index (κ2) is 9.06. The Morgan fingerprint density at radius 3 is 2.57 bits per heavy atom. The van der Waals surface area contributed by atoms with Crippen LogP contribution in [0.4, 0.5) is 0 Å². The van der Waals surface area contributed by atoms with Crippen molar-refractivity contribution in [2.24, 2.45) is 5.41 Å². The number of carbonyl (C=O) groups is 1. The number of aromatic nitrogens is 1. The summed E-state index contributed by atoms with van der Waals surface area (Å²) in [5, 5.41) is 0. The highest BCUT2D eigenvalue weighted by molar-refractivity contribution is 7.12. The van der Waals surface area contributed by atoms with Crippen LogP contribution in [0.5, 0.6) is 5.88 Å². The van der Waals surface area contributed by atoms with Crippen LogP contribution in [0.2, 0.25) is 0 Å². The normalized spacial score (nSPS) is 29.9. The monoisotopic (exact) mass is 523 g/mol. The Balaban J connectivity index is 1.18. The molecule has 1 amide bonds.